The molecule has 0 spiro atoms. The number of nitrogens with one attached hydrogen (secondary N) is 1. The van der Waals surface area contributed by atoms with Crippen molar-refractivity contribution in [3.05, 3.63) is 52.7 Å². The second-order valence-electron chi connectivity index (χ2n) is 4.06. The number of rotatable bonds is 4. The van der Waals surface area contributed by atoms with Crippen LogP contribution in [0.25, 0.3) is 12.2 Å². The van der Waals surface area contributed by atoms with Crippen LogP contribution in [0.3, 0.4) is 0 Å². The summed E-state index contributed by atoms with van der Waals surface area (Å²) < 4.78 is 18.4. The van der Waals surface area contributed by atoms with Gasteiger partial charge >= 0.3 is 0 Å². The molecule has 1 amide bonds. The quantitative estimate of drug-likeness (QED) is 0.346. The molecule has 2 rings (SSSR count). The lowest BCUT2D eigenvalue weighted by atomic mass is 10.1. The first-order valence-corrected chi connectivity index (χ1v) is 6.46. The van der Waals surface area contributed by atoms with Crippen molar-refractivity contribution in [3.63, 3.8) is 0 Å². The van der Waals surface area contributed by atoms with Gasteiger partial charge in [0.1, 0.15) is 11.6 Å². The molecule has 2 aromatic rings. The van der Waals surface area contributed by atoms with Crippen LogP contribution in [0.5, 0.6) is 0 Å². The number of amides is 1. The van der Waals surface area contributed by atoms with Gasteiger partial charge in [0, 0.05) is 12.6 Å². The number of nitrogens with zero attached hydrogens (tertiary/aromatic N) is 1. The van der Waals surface area contributed by atoms with Crippen LogP contribution >= 0.6 is 11.6 Å². The number of hydrazine groups is 2. The molecule has 0 bridgehead atoms. The van der Waals surface area contributed by atoms with Crippen LogP contribution in [0, 0.1) is 5.82 Å². The Morgan fingerprint density at radius 1 is 1.41 bits per heavy atom. The Kier molecular flexibility index (Phi) is 7.11. The summed E-state index contributed by atoms with van der Waals surface area (Å²) in [6.45, 7) is 0. The first-order valence-electron chi connectivity index (χ1n) is 6.08. The summed E-state index contributed by atoms with van der Waals surface area (Å²) >= 11 is 6.01. The molecule has 1 heterocycles. The Bertz CT molecular complexity index is 630. The van der Waals surface area contributed by atoms with Crippen LogP contribution in [0.15, 0.2) is 34.9 Å². The zero-order valence-electron chi connectivity index (χ0n) is 11.8. The molecule has 8 heteroatoms. The number of carbonyl (C=O) groups is 1. The van der Waals surface area contributed by atoms with Gasteiger partial charge in [-0.25, -0.2) is 16.1 Å². The van der Waals surface area contributed by atoms with Crippen molar-refractivity contribution in [1.82, 2.24) is 5.43 Å². The van der Waals surface area contributed by atoms with Crippen molar-refractivity contribution < 1.29 is 13.6 Å². The van der Waals surface area contributed by atoms with Gasteiger partial charge in [0.25, 0.3) is 0 Å². The predicted molar refractivity (Wildman–Crippen MR) is 85.0 cm³/mol. The highest BCUT2D eigenvalue weighted by Gasteiger charge is 2.09. The molecule has 1 aromatic carbocycles. The number of nitrogens with two attached hydrogens (primary N) is 2. The summed E-state index contributed by atoms with van der Waals surface area (Å²) in [6.07, 6.45) is 5.45. The smallest absolute Gasteiger partial charge is 0.221 e. The predicted octanol–water partition coefficient (Wildman–Crippen LogP) is 2.16. The van der Waals surface area contributed by atoms with E-state index in [9.17, 15) is 4.39 Å². The summed E-state index contributed by atoms with van der Waals surface area (Å²) in [6, 6.07) is 6.16. The van der Waals surface area contributed by atoms with Crippen molar-refractivity contribution in [2.75, 3.05) is 12.1 Å². The molecule has 1 aromatic heterocycles. The van der Waals surface area contributed by atoms with Gasteiger partial charge in [-0.2, -0.15) is 0 Å². The van der Waals surface area contributed by atoms with Crippen LogP contribution in [0.2, 0.25) is 5.02 Å². The molecule has 0 saturated heterocycles. The summed E-state index contributed by atoms with van der Waals surface area (Å²) in [7, 11) is 1.62. The van der Waals surface area contributed by atoms with Crippen molar-refractivity contribution >= 4 is 35.9 Å². The van der Waals surface area contributed by atoms with E-state index < -0.39 is 5.82 Å². The number of furan rings is 1. The maximum Gasteiger partial charge on any atom is 0.221 e. The normalized spacial score (nSPS) is 10.0. The molecule has 0 radical (unpaired) electrons. The largest absolute Gasteiger partial charge is 0.465 e. The number of hydrogen-bond acceptors (Lipinski definition) is 5. The Hall–Kier alpha value is -2.35. The minimum atomic E-state index is -0.428. The molecule has 118 valence electrons. The monoisotopic (exact) mass is 326 g/mol. The van der Waals surface area contributed by atoms with Crippen LogP contribution in [-0.4, -0.2) is 13.5 Å². The second kappa shape index (κ2) is 8.83. The summed E-state index contributed by atoms with van der Waals surface area (Å²) in [5.41, 5.74) is 2.89. The fourth-order valence-corrected chi connectivity index (χ4v) is 1.84. The Morgan fingerprint density at radius 2 is 2.09 bits per heavy atom. The molecule has 0 aliphatic heterocycles. The Morgan fingerprint density at radius 3 is 2.59 bits per heavy atom. The van der Waals surface area contributed by atoms with E-state index in [-0.39, 0.29) is 0 Å². The lowest BCUT2D eigenvalue weighted by Crippen LogP contribution is -2.26. The van der Waals surface area contributed by atoms with E-state index in [1.165, 1.54) is 17.1 Å². The lowest BCUT2D eigenvalue weighted by molar-refractivity contribution is -0.109. The van der Waals surface area contributed by atoms with Crippen LogP contribution in [0.4, 0.5) is 10.1 Å². The number of hydrogen-bond donors (Lipinski definition) is 3. The molecular weight excluding hydrogens is 311 g/mol. The van der Waals surface area contributed by atoms with Crippen LogP contribution in [0.1, 0.15) is 11.3 Å². The molecular formula is C14H16ClFN4O2. The van der Waals surface area contributed by atoms with Gasteiger partial charge in [-0.15, -0.1) is 0 Å². The first kappa shape index (κ1) is 17.7. The minimum Gasteiger partial charge on any atom is -0.465 e. The molecule has 0 saturated carbocycles. The fraction of sp³-hybridized carbons (Fsp3) is 0.0714. The van der Waals surface area contributed by atoms with Crippen molar-refractivity contribution in [1.29, 1.82) is 0 Å². The Balaban J connectivity index is 0.000000541. The second-order valence-corrected chi connectivity index (χ2v) is 4.47. The maximum atomic E-state index is 13.3. The molecule has 0 aliphatic rings. The molecule has 6 nitrogen and oxygen atoms in total. The first-order chi connectivity index (χ1) is 10.5. The molecule has 5 N–H and O–H groups in total. The SMILES string of the molecule is CN(N)c1cc(F)cc(Cl)c1/C=C/c1ccco1.NNC=O. The topological polar surface area (TPSA) is 97.5 Å². The summed E-state index contributed by atoms with van der Waals surface area (Å²) in [4.78, 5) is 8.94. The van der Waals surface area contributed by atoms with Crippen molar-refractivity contribution in [2.24, 2.45) is 11.7 Å². The van der Waals surface area contributed by atoms with Crippen LogP contribution < -0.4 is 22.1 Å². The summed E-state index contributed by atoms with van der Waals surface area (Å²) in [5.74, 6) is 10.3. The van der Waals surface area contributed by atoms with Gasteiger partial charge < -0.3 is 9.43 Å². The molecule has 0 unspecified atom stereocenters. The average Bonchev–Trinajstić information content (AvgIpc) is 2.99. The number of halogens is 2. The lowest BCUT2D eigenvalue weighted by Gasteiger charge is -2.16. The number of carbonyl (C=O) groups excluding carboxylic acids is 1. The van der Waals surface area contributed by atoms with E-state index in [2.05, 4.69) is 5.84 Å². The van der Waals surface area contributed by atoms with E-state index >= 15 is 0 Å². The Labute approximate surface area is 132 Å². The van der Waals surface area contributed by atoms with Gasteiger partial charge in [-0.3, -0.25) is 10.2 Å². The van der Waals surface area contributed by atoms with E-state index in [0.29, 0.717) is 28.4 Å². The number of anilines is 1. The fourth-order valence-electron chi connectivity index (χ4n) is 1.58. The van der Waals surface area contributed by atoms with Crippen molar-refractivity contribution in [3.8, 4) is 0 Å². The highest BCUT2D eigenvalue weighted by molar-refractivity contribution is 6.32. The van der Waals surface area contributed by atoms with Gasteiger partial charge in [0.2, 0.25) is 6.41 Å². The third kappa shape index (κ3) is 5.21. The molecule has 0 aliphatic carbocycles. The third-order valence-electron chi connectivity index (χ3n) is 2.48. The zero-order valence-corrected chi connectivity index (χ0v) is 12.5. The highest BCUT2D eigenvalue weighted by atomic mass is 35.5. The van der Waals surface area contributed by atoms with Gasteiger partial charge in [0.05, 0.1) is 17.0 Å². The third-order valence-corrected chi connectivity index (χ3v) is 2.79. The number of benzene rings is 1. The highest BCUT2D eigenvalue weighted by Crippen LogP contribution is 2.29. The maximum absolute atomic E-state index is 13.3. The van der Waals surface area contributed by atoms with Gasteiger partial charge in [0.15, 0.2) is 0 Å². The molecule has 0 fully saturated rings. The van der Waals surface area contributed by atoms with E-state index in [4.69, 9.17) is 26.7 Å². The van der Waals surface area contributed by atoms with Crippen molar-refractivity contribution in [2.45, 2.75) is 0 Å². The molecule has 22 heavy (non-hydrogen) atoms. The average molecular weight is 327 g/mol. The standard InChI is InChI=1S/C13H12ClFN2O.CH4N2O/c1-17(16)13-8-9(15)7-12(14)11(13)5-4-10-3-2-6-18-10;2-3-1-4/h2-8H,16H2,1H3;1H,2H2,(H,3,4)/b5-4+;. The minimum absolute atomic E-state index is 0.296. The van der Waals surface area contributed by atoms with Crippen LogP contribution in [-0.2, 0) is 4.79 Å². The van der Waals surface area contributed by atoms with E-state index in [0.717, 1.165) is 0 Å². The van der Waals surface area contributed by atoms with Gasteiger partial charge in [-0.05, 0) is 36.4 Å². The van der Waals surface area contributed by atoms with Gasteiger partial charge in [-0.1, -0.05) is 11.6 Å². The zero-order chi connectivity index (χ0) is 16.5. The molecule has 0 atom stereocenters. The van der Waals surface area contributed by atoms with E-state index in [1.807, 2.05) is 0 Å². The van der Waals surface area contributed by atoms with E-state index in [1.54, 1.807) is 43.0 Å². The summed E-state index contributed by atoms with van der Waals surface area (Å²) in [5, 5.41) is 1.61.